The Labute approximate surface area is 139 Å². The van der Waals surface area contributed by atoms with E-state index in [4.69, 9.17) is 0 Å². The number of carbonyl (C=O) groups is 2. The minimum atomic E-state index is -0.959. The highest BCUT2D eigenvalue weighted by molar-refractivity contribution is 6.09. The van der Waals surface area contributed by atoms with E-state index in [1.807, 2.05) is 37.3 Å². The summed E-state index contributed by atoms with van der Waals surface area (Å²) in [6, 6.07) is 13.9. The molecule has 0 fully saturated rings. The van der Waals surface area contributed by atoms with Gasteiger partial charge in [-0.1, -0.05) is 35.9 Å². The molecule has 24 heavy (non-hydrogen) atoms. The highest BCUT2D eigenvalue weighted by Gasteiger charge is 2.57. The van der Waals surface area contributed by atoms with Crippen LogP contribution in [0.15, 0.2) is 59.7 Å². The molecule has 1 heterocycles. The minimum Gasteiger partial charge on any atom is -0.325 e. The number of fused-ring (bicyclic) bond motifs is 2. The molecule has 120 valence electrons. The second-order valence-corrected chi connectivity index (χ2v) is 6.49. The van der Waals surface area contributed by atoms with E-state index in [1.54, 1.807) is 6.07 Å². The molecule has 0 saturated heterocycles. The smallest absolute Gasteiger partial charge is 0.236 e. The van der Waals surface area contributed by atoms with Crippen LogP contribution in [0.1, 0.15) is 30.4 Å². The first kappa shape index (κ1) is 14.8. The van der Waals surface area contributed by atoms with Crippen molar-refractivity contribution in [1.82, 2.24) is 0 Å². The lowest BCUT2D eigenvalue weighted by Gasteiger charge is -2.31. The van der Waals surface area contributed by atoms with E-state index in [1.165, 1.54) is 12.1 Å². The van der Waals surface area contributed by atoms with Crippen LogP contribution < -0.4 is 5.32 Å². The normalized spacial score (nSPS) is 25.1. The molecule has 1 spiro atoms. The predicted octanol–water partition coefficient (Wildman–Crippen LogP) is 3.72. The first-order chi connectivity index (χ1) is 11.6. The third-order valence-corrected chi connectivity index (χ3v) is 5.22. The van der Waals surface area contributed by atoms with Gasteiger partial charge in [0.2, 0.25) is 5.91 Å². The second-order valence-electron chi connectivity index (χ2n) is 6.49. The fourth-order valence-electron chi connectivity index (χ4n) is 4.23. The molecule has 1 amide bonds. The van der Waals surface area contributed by atoms with E-state index >= 15 is 0 Å². The van der Waals surface area contributed by atoms with E-state index in [0.717, 1.165) is 17.4 Å². The molecule has 1 aliphatic heterocycles. The summed E-state index contributed by atoms with van der Waals surface area (Å²) < 4.78 is 13.9. The molecule has 0 bridgehead atoms. The highest BCUT2D eigenvalue weighted by atomic mass is 19.1. The molecule has 1 aliphatic carbocycles. The van der Waals surface area contributed by atoms with Crippen LogP contribution in [-0.2, 0) is 15.0 Å². The van der Waals surface area contributed by atoms with Gasteiger partial charge in [-0.3, -0.25) is 9.59 Å². The number of anilines is 1. The quantitative estimate of drug-likeness (QED) is 0.857. The average Bonchev–Trinajstić information content (AvgIpc) is 3.03. The van der Waals surface area contributed by atoms with Gasteiger partial charge < -0.3 is 5.32 Å². The van der Waals surface area contributed by atoms with Crippen molar-refractivity contribution in [2.24, 2.45) is 0 Å². The fraction of sp³-hybridized carbons (Fsp3) is 0.200. The van der Waals surface area contributed by atoms with Gasteiger partial charge in [-0.2, -0.15) is 0 Å². The van der Waals surface area contributed by atoms with Gasteiger partial charge in [-0.15, -0.1) is 0 Å². The lowest BCUT2D eigenvalue weighted by Crippen LogP contribution is -2.38. The van der Waals surface area contributed by atoms with Crippen molar-refractivity contribution in [1.29, 1.82) is 0 Å². The number of allylic oxidation sites excluding steroid dienone is 2. The topological polar surface area (TPSA) is 46.2 Å². The van der Waals surface area contributed by atoms with Gasteiger partial charge in [0.15, 0.2) is 0 Å². The molecular weight excluding hydrogens is 305 g/mol. The third-order valence-electron chi connectivity index (χ3n) is 5.22. The van der Waals surface area contributed by atoms with Crippen molar-refractivity contribution in [3.63, 3.8) is 0 Å². The summed E-state index contributed by atoms with van der Waals surface area (Å²) in [4.78, 5) is 24.7. The molecule has 2 aromatic rings. The monoisotopic (exact) mass is 321 g/mol. The lowest BCUT2D eigenvalue weighted by atomic mass is 9.68. The molecule has 2 aliphatic rings. The lowest BCUT2D eigenvalue weighted by molar-refractivity contribution is -0.121. The average molecular weight is 321 g/mol. The Morgan fingerprint density at radius 1 is 1.21 bits per heavy atom. The van der Waals surface area contributed by atoms with Crippen molar-refractivity contribution >= 4 is 17.9 Å². The summed E-state index contributed by atoms with van der Waals surface area (Å²) in [6.07, 6.45) is 1.26. The van der Waals surface area contributed by atoms with E-state index in [-0.39, 0.29) is 11.7 Å². The van der Waals surface area contributed by atoms with Gasteiger partial charge in [0.05, 0.1) is 5.41 Å². The number of nitrogens with one attached hydrogen (secondary N) is 1. The molecule has 2 aromatic carbocycles. The minimum absolute atomic E-state index is 0.173. The molecular formula is C20H16FNO2. The zero-order valence-corrected chi connectivity index (χ0v) is 13.2. The summed E-state index contributed by atoms with van der Waals surface area (Å²) in [5, 5.41) is 2.87. The second kappa shape index (κ2) is 5.13. The predicted molar refractivity (Wildman–Crippen MR) is 89.3 cm³/mol. The van der Waals surface area contributed by atoms with Crippen molar-refractivity contribution in [3.05, 3.63) is 76.6 Å². The zero-order valence-electron chi connectivity index (χ0n) is 13.2. The van der Waals surface area contributed by atoms with Gasteiger partial charge in [0.25, 0.3) is 0 Å². The first-order valence-corrected chi connectivity index (χ1v) is 7.89. The number of hydrogen-bond donors (Lipinski definition) is 1. The van der Waals surface area contributed by atoms with Crippen molar-refractivity contribution in [3.8, 4) is 0 Å². The highest BCUT2D eigenvalue weighted by Crippen LogP contribution is 2.57. The third kappa shape index (κ3) is 1.83. The summed E-state index contributed by atoms with van der Waals surface area (Å²) >= 11 is 0. The van der Waals surface area contributed by atoms with E-state index in [2.05, 4.69) is 5.32 Å². The van der Waals surface area contributed by atoms with Crippen molar-refractivity contribution in [2.45, 2.75) is 24.7 Å². The Balaban J connectivity index is 2.00. The fourth-order valence-corrected chi connectivity index (χ4v) is 4.23. The molecule has 0 saturated carbocycles. The van der Waals surface area contributed by atoms with Gasteiger partial charge in [-0.25, -0.2) is 4.39 Å². The summed E-state index contributed by atoms with van der Waals surface area (Å²) in [6.45, 7) is 1.87. The van der Waals surface area contributed by atoms with Gasteiger partial charge >= 0.3 is 0 Å². The Morgan fingerprint density at radius 3 is 2.67 bits per heavy atom. The van der Waals surface area contributed by atoms with Crippen LogP contribution in [-0.4, -0.2) is 12.2 Å². The van der Waals surface area contributed by atoms with Gasteiger partial charge in [0, 0.05) is 11.6 Å². The molecule has 4 rings (SSSR count). The number of amides is 1. The number of rotatable bonds is 2. The Morgan fingerprint density at radius 2 is 1.96 bits per heavy atom. The van der Waals surface area contributed by atoms with Gasteiger partial charge in [0.1, 0.15) is 12.1 Å². The number of aldehydes is 1. The Kier molecular flexibility index (Phi) is 3.17. The molecule has 0 radical (unpaired) electrons. The van der Waals surface area contributed by atoms with Crippen LogP contribution in [0.3, 0.4) is 0 Å². The van der Waals surface area contributed by atoms with E-state index < -0.39 is 11.3 Å². The maximum Gasteiger partial charge on any atom is 0.236 e. The Hall–Kier alpha value is -2.75. The molecule has 2 atom stereocenters. The van der Waals surface area contributed by atoms with E-state index in [9.17, 15) is 14.0 Å². The Bertz CT molecular complexity index is 888. The van der Waals surface area contributed by atoms with Crippen LogP contribution >= 0.6 is 0 Å². The van der Waals surface area contributed by atoms with Crippen LogP contribution in [0.4, 0.5) is 10.1 Å². The summed E-state index contributed by atoms with van der Waals surface area (Å²) in [5.41, 5.74) is 2.70. The number of halogens is 1. The molecule has 0 aromatic heterocycles. The van der Waals surface area contributed by atoms with Crippen molar-refractivity contribution in [2.75, 3.05) is 5.32 Å². The van der Waals surface area contributed by atoms with Gasteiger partial charge in [-0.05, 0) is 48.2 Å². The van der Waals surface area contributed by atoms with E-state index in [0.29, 0.717) is 23.2 Å². The first-order valence-electron chi connectivity index (χ1n) is 7.89. The van der Waals surface area contributed by atoms with Crippen molar-refractivity contribution < 1.29 is 14.0 Å². The number of benzene rings is 2. The molecule has 1 N–H and O–H groups in total. The van der Waals surface area contributed by atoms with Crippen LogP contribution in [0.2, 0.25) is 0 Å². The standard InChI is InChI=1S/C20H16FNO2/c1-12-10-20(16-9-14(21)7-8-17(16)22-19(20)24)18(15(12)11-23)13-5-3-2-4-6-13/h2-9,11,18H,10H2,1H3,(H,22,24)/t18-,20-/m0/s1. The van der Waals surface area contributed by atoms with Crippen LogP contribution in [0, 0.1) is 5.82 Å². The number of carbonyl (C=O) groups excluding carboxylic acids is 2. The molecule has 4 heteroatoms. The summed E-state index contributed by atoms with van der Waals surface area (Å²) in [7, 11) is 0. The largest absolute Gasteiger partial charge is 0.325 e. The summed E-state index contributed by atoms with van der Waals surface area (Å²) in [5.74, 6) is -0.957. The maximum atomic E-state index is 13.9. The molecule has 3 nitrogen and oxygen atoms in total. The maximum absolute atomic E-state index is 13.9. The van der Waals surface area contributed by atoms with Crippen LogP contribution in [0.5, 0.6) is 0 Å². The molecule has 0 unspecified atom stereocenters. The number of hydrogen-bond acceptors (Lipinski definition) is 2. The SMILES string of the molecule is CC1=C(C=O)[C@H](c2ccccc2)[C@@]2(C1)C(=O)Nc1ccc(F)cc12. The zero-order chi connectivity index (χ0) is 16.9. The van der Waals surface area contributed by atoms with Crippen LogP contribution in [0.25, 0.3) is 0 Å².